The van der Waals surface area contributed by atoms with E-state index >= 15 is 0 Å². The van der Waals surface area contributed by atoms with Gasteiger partial charge in [0, 0.05) is 6.54 Å². The zero-order valence-electron chi connectivity index (χ0n) is 9.30. The number of aliphatic carboxylic acids is 1. The van der Waals surface area contributed by atoms with Crippen LogP contribution in [0.15, 0.2) is 0 Å². The SMILES string of the molecule is NCC1(C(=O)O)CC2(CCCCCC2)C1. The molecule has 2 fully saturated rings. The van der Waals surface area contributed by atoms with E-state index in [0.29, 0.717) is 12.0 Å². The molecule has 0 amide bonds. The van der Waals surface area contributed by atoms with Crippen LogP contribution in [0.3, 0.4) is 0 Å². The van der Waals surface area contributed by atoms with Crippen LogP contribution < -0.4 is 5.73 Å². The molecule has 0 unspecified atom stereocenters. The average Bonchev–Trinajstić information content (AvgIpc) is 2.39. The minimum absolute atomic E-state index is 0.310. The van der Waals surface area contributed by atoms with E-state index in [1.54, 1.807) is 0 Å². The molecule has 1 spiro atoms. The molecule has 2 aliphatic rings. The normalized spacial score (nSPS) is 28.1. The topological polar surface area (TPSA) is 63.3 Å². The Kier molecular flexibility index (Phi) is 2.75. The highest BCUT2D eigenvalue weighted by atomic mass is 16.4. The minimum atomic E-state index is -0.681. The summed E-state index contributed by atoms with van der Waals surface area (Å²) in [6.07, 6.45) is 9.30. The molecule has 0 atom stereocenters. The lowest BCUT2D eigenvalue weighted by atomic mass is 9.50. The highest BCUT2D eigenvalue weighted by molar-refractivity contribution is 5.76. The van der Waals surface area contributed by atoms with Gasteiger partial charge in [0.25, 0.3) is 0 Å². The number of nitrogens with two attached hydrogens (primary N) is 1. The largest absolute Gasteiger partial charge is 0.481 e. The van der Waals surface area contributed by atoms with Crippen molar-refractivity contribution < 1.29 is 9.90 Å². The van der Waals surface area contributed by atoms with Gasteiger partial charge in [-0.2, -0.15) is 0 Å². The van der Waals surface area contributed by atoms with Gasteiger partial charge in [-0.1, -0.05) is 25.7 Å². The molecule has 86 valence electrons. The second-order valence-electron chi connectivity index (χ2n) is 5.56. The molecule has 0 saturated heterocycles. The van der Waals surface area contributed by atoms with E-state index in [2.05, 4.69) is 0 Å². The average molecular weight is 211 g/mol. The summed E-state index contributed by atoms with van der Waals surface area (Å²) in [6.45, 7) is 0.310. The number of hydrogen-bond acceptors (Lipinski definition) is 2. The van der Waals surface area contributed by atoms with Gasteiger partial charge >= 0.3 is 5.97 Å². The summed E-state index contributed by atoms with van der Waals surface area (Å²) in [6, 6.07) is 0. The van der Waals surface area contributed by atoms with Crippen LogP contribution >= 0.6 is 0 Å². The number of carbonyl (C=O) groups is 1. The summed E-state index contributed by atoms with van der Waals surface area (Å²) in [5.41, 5.74) is 5.38. The van der Waals surface area contributed by atoms with Crippen LogP contribution in [-0.4, -0.2) is 17.6 Å². The molecule has 3 heteroatoms. The summed E-state index contributed by atoms with van der Waals surface area (Å²) in [4.78, 5) is 11.2. The molecule has 2 rings (SSSR count). The third-order valence-corrected chi connectivity index (χ3v) is 4.44. The summed E-state index contributed by atoms with van der Waals surface area (Å²) >= 11 is 0. The van der Waals surface area contributed by atoms with E-state index in [4.69, 9.17) is 5.73 Å². The maximum absolute atomic E-state index is 11.2. The van der Waals surface area contributed by atoms with E-state index in [1.165, 1.54) is 38.5 Å². The third kappa shape index (κ3) is 1.78. The molecular formula is C12H21NO2. The quantitative estimate of drug-likeness (QED) is 0.735. The van der Waals surface area contributed by atoms with E-state index in [-0.39, 0.29) is 0 Å². The maximum Gasteiger partial charge on any atom is 0.310 e. The molecule has 0 aromatic heterocycles. The van der Waals surface area contributed by atoms with Crippen molar-refractivity contribution in [2.45, 2.75) is 51.4 Å². The fourth-order valence-electron chi connectivity index (χ4n) is 3.60. The van der Waals surface area contributed by atoms with Gasteiger partial charge in [-0.25, -0.2) is 0 Å². The summed E-state index contributed by atoms with van der Waals surface area (Å²) in [5.74, 6) is -0.681. The van der Waals surface area contributed by atoms with Gasteiger partial charge in [0.1, 0.15) is 0 Å². The first-order valence-electron chi connectivity index (χ1n) is 6.06. The standard InChI is InChI=1S/C12H21NO2/c13-9-12(10(14)15)7-11(8-12)5-3-1-2-4-6-11/h1-9,13H2,(H,14,15). The Labute approximate surface area is 91.0 Å². The van der Waals surface area contributed by atoms with E-state index < -0.39 is 11.4 Å². The van der Waals surface area contributed by atoms with E-state index in [1.807, 2.05) is 0 Å². The maximum atomic E-state index is 11.2. The Hall–Kier alpha value is -0.570. The monoisotopic (exact) mass is 211 g/mol. The molecule has 0 aromatic rings. The number of carboxylic acids is 1. The third-order valence-electron chi connectivity index (χ3n) is 4.44. The van der Waals surface area contributed by atoms with Crippen LogP contribution in [0.25, 0.3) is 0 Å². The first-order valence-corrected chi connectivity index (χ1v) is 6.06. The Morgan fingerprint density at radius 1 is 1.13 bits per heavy atom. The van der Waals surface area contributed by atoms with Crippen molar-refractivity contribution >= 4 is 5.97 Å². The first-order chi connectivity index (χ1) is 7.13. The van der Waals surface area contributed by atoms with Crippen LogP contribution in [0.1, 0.15) is 51.4 Å². The molecule has 0 aromatic carbocycles. The highest BCUT2D eigenvalue weighted by Gasteiger charge is 2.57. The van der Waals surface area contributed by atoms with Crippen LogP contribution in [0.2, 0.25) is 0 Å². The van der Waals surface area contributed by atoms with Gasteiger partial charge in [0.05, 0.1) is 5.41 Å². The van der Waals surface area contributed by atoms with Crippen molar-refractivity contribution in [3.8, 4) is 0 Å². The zero-order valence-corrected chi connectivity index (χ0v) is 9.30. The second kappa shape index (κ2) is 3.78. The van der Waals surface area contributed by atoms with Crippen molar-refractivity contribution in [1.29, 1.82) is 0 Å². The van der Waals surface area contributed by atoms with Crippen molar-refractivity contribution in [2.24, 2.45) is 16.6 Å². The Morgan fingerprint density at radius 3 is 2.07 bits per heavy atom. The molecular weight excluding hydrogens is 190 g/mol. The van der Waals surface area contributed by atoms with Gasteiger partial charge in [-0.15, -0.1) is 0 Å². The summed E-state index contributed by atoms with van der Waals surface area (Å²) < 4.78 is 0. The van der Waals surface area contributed by atoms with Crippen molar-refractivity contribution in [2.75, 3.05) is 6.54 Å². The molecule has 3 N–H and O–H groups in total. The zero-order chi connectivity index (χ0) is 10.9. The smallest absolute Gasteiger partial charge is 0.310 e. The Bertz CT molecular complexity index is 246. The molecule has 3 nitrogen and oxygen atoms in total. The van der Waals surface area contributed by atoms with Gasteiger partial charge in [0.15, 0.2) is 0 Å². The lowest BCUT2D eigenvalue weighted by molar-refractivity contribution is -0.166. The number of rotatable bonds is 2. The summed E-state index contributed by atoms with van der Waals surface area (Å²) in [5, 5.41) is 9.19. The fourth-order valence-corrected chi connectivity index (χ4v) is 3.60. The van der Waals surface area contributed by atoms with Gasteiger partial charge in [-0.05, 0) is 31.1 Å². The Balaban J connectivity index is 2.02. The molecule has 2 aliphatic carbocycles. The van der Waals surface area contributed by atoms with Gasteiger partial charge in [-0.3, -0.25) is 4.79 Å². The fraction of sp³-hybridized carbons (Fsp3) is 0.917. The Morgan fingerprint density at radius 2 is 1.67 bits per heavy atom. The first kappa shape index (κ1) is 10.9. The van der Waals surface area contributed by atoms with Crippen LogP contribution in [-0.2, 0) is 4.79 Å². The van der Waals surface area contributed by atoms with Crippen molar-refractivity contribution in [3.63, 3.8) is 0 Å². The van der Waals surface area contributed by atoms with E-state index in [9.17, 15) is 9.90 Å². The van der Waals surface area contributed by atoms with Gasteiger partial charge < -0.3 is 10.8 Å². The summed E-state index contributed by atoms with van der Waals surface area (Å²) in [7, 11) is 0. The van der Waals surface area contributed by atoms with E-state index in [0.717, 1.165) is 12.8 Å². The molecule has 2 saturated carbocycles. The number of hydrogen-bond donors (Lipinski definition) is 2. The second-order valence-corrected chi connectivity index (χ2v) is 5.56. The van der Waals surface area contributed by atoms with Gasteiger partial charge in [0.2, 0.25) is 0 Å². The number of carboxylic acid groups (broad SMARTS) is 1. The predicted molar refractivity (Wildman–Crippen MR) is 58.5 cm³/mol. The lowest BCUT2D eigenvalue weighted by Crippen LogP contribution is -2.55. The van der Waals surface area contributed by atoms with Crippen molar-refractivity contribution in [1.82, 2.24) is 0 Å². The van der Waals surface area contributed by atoms with Crippen molar-refractivity contribution in [3.05, 3.63) is 0 Å². The molecule has 0 bridgehead atoms. The van der Waals surface area contributed by atoms with Crippen LogP contribution in [0.4, 0.5) is 0 Å². The molecule has 15 heavy (non-hydrogen) atoms. The molecule has 0 aliphatic heterocycles. The molecule has 0 radical (unpaired) electrons. The highest BCUT2D eigenvalue weighted by Crippen LogP contribution is 2.60. The van der Waals surface area contributed by atoms with Crippen LogP contribution in [0, 0.1) is 10.8 Å². The minimum Gasteiger partial charge on any atom is -0.481 e. The lowest BCUT2D eigenvalue weighted by Gasteiger charge is -2.53. The predicted octanol–water partition coefficient (Wildman–Crippen LogP) is 2.15. The molecule has 0 heterocycles. The van der Waals surface area contributed by atoms with Crippen LogP contribution in [0.5, 0.6) is 0 Å².